The molecule has 0 radical (unpaired) electrons. The van der Waals surface area contributed by atoms with Crippen molar-refractivity contribution < 1.29 is 4.79 Å². The molecule has 1 aromatic heterocycles. The van der Waals surface area contributed by atoms with Crippen molar-refractivity contribution in [1.82, 2.24) is 9.47 Å². The van der Waals surface area contributed by atoms with Gasteiger partial charge in [-0.05, 0) is 24.3 Å². The molecule has 0 bridgehead atoms. The number of halogens is 1. The lowest BCUT2D eigenvalue weighted by Gasteiger charge is -2.36. The van der Waals surface area contributed by atoms with Crippen molar-refractivity contribution in [3.63, 3.8) is 0 Å². The summed E-state index contributed by atoms with van der Waals surface area (Å²) >= 11 is 6.03. The maximum absolute atomic E-state index is 12.3. The molecule has 3 rings (SSSR count). The summed E-state index contributed by atoms with van der Waals surface area (Å²) in [6, 6.07) is 10.6. The van der Waals surface area contributed by atoms with E-state index in [0.29, 0.717) is 23.8 Å². The Morgan fingerprint density at radius 2 is 1.88 bits per heavy atom. The van der Waals surface area contributed by atoms with Crippen LogP contribution in [-0.4, -0.2) is 41.7 Å². The van der Waals surface area contributed by atoms with Crippen LogP contribution >= 0.6 is 11.6 Å². The summed E-state index contributed by atoms with van der Waals surface area (Å²) in [5.74, 6) is 0. The number of aryl methyl sites for hydroxylation is 1. The first-order chi connectivity index (χ1) is 11.5. The number of hydrogen-bond acceptors (Lipinski definition) is 3. The summed E-state index contributed by atoms with van der Waals surface area (Å²) in [5, 5.41) is 3.54. The molecule has 1 fully saturated rings. The second kappa shape index (κ2) is 6.97. The van der Waals surface area contributed by atoms with Gasteiger partial charge in [0.05, 0.1) is 5.69 Å². The second-order valence-electron chi connectivity index (χ2n) is 5.75. The van der Waals surface area contributed by atoms with Crippen molar-refractivity contribution in [1.29, 1.82) is 0 Å². The number of carbonyl (C=O) groups is 1. The lowest BCUT2D eigenvalue weighted by atomic mass is 10.2. The Morgan fingerprint density at radius 3 is 2.54 bits per heavy atom. The lowest BCUT2D eigenvalue weighted by molar-refractivity contribution is 0.208. The molecule has 0 aliphatic carbocycles. The number of benzene rings is 1. The predicted molar refractivity (Wildman–Crippen MR) is 95.9 cm³/mol. The smallest absolute Gasteiger partial charge is 0.322 e. The average Bonchev–Trinajstić information content (AvgIpc) is 2.58. The zero-order valence-electron chi connectivity index (χ0n) is 13.4. The molecule has 6 nitrogen and oxygen atoms in total. The average molecular weight is 347 g/mol. The van der Waals surface area contributed by atoms with Gasteiger partial charge >= 0.3 is 6.03 Å². The van der Waals surface area contributed by atoms with Gasteiger partial charge in [-0.3, -0.25) is 4.79 Å². The van der Waals surface area contributed by atoms with Crippen LogP contribution in [0.4, 0.5) is 16.2 Å². The molecular formula is C17H19ClN4O2. The minimum absolute atomic E-state index is 0.108. The third-order valence-electron chi connectivity index (χ3n) is 4.08. The monoisotopic (exact) mass is 346 g/mol. The zero-order valence-corrected chi connectivity index (χ0v) is 14.2. The van der Waals surface area contributed by atoms with Gasteiger partial charge in [0.25, 0.3) is 0 Å². The number of nitrogens with one attached hydrogen (secondary N) is 1. The number of anilines is 2. The normalized spacial score (nSPS) is 14.6. The van der Waals surface area contributed by atoms with E-state index in [4.69, 9.17) is 11.6 Å². The van der Waals surface area contributed by atoms with E-state index in [-0.39, 0.29) is 11.6 Å². The molecule has 24 heavy (non-hydrogen) atoms. The van der Waals surface area contributed by atoms with Crippen molar-refractivity contribution in [2.24, 2.45) is 7.05 Å². The van der Waals surface area contributed by atoms with E-state index in [1.54, 1.807) is 24.2 Å². The van der Waals surface area contributed by atoms with Crippen molar-refractivity contribution in [2.75, 3.05) is 36.4 Å². The van der Waals surface area contributed by atoms with Gasteiger partial charge < -0.3 is 19.7 Å². The van der Waals surface area contributed by atoms with Gasteiger partial charge in [-0.25, -0.2) is 4.79 Å². The summed E-state index contributed by atoms with van der Waals surface area (Å²) in [6.45, 7) is 2.76. The predicted octanol–water partition coefficient (Wildman–Crippen LogP) is 2.39. The fourth-order valence-corrected chi connectivity index (χ4v) is 2.90. The van der Waals surface area contributed by atoms with Crippen molar-refractivity contribution in [3.8, 4) is 0 Å². The Balaban J connectivity index is 1.58. The third-order valence-corrected chi connectivity index (χ3v) is 4.31. The van der Waals surface area contributed by atoms with E-state index in [2.05, 4.69) is 10.2 Å². The molecule has 2 aromatic rings. The molecule has 0 atom stereocenters. The number of hydrogen-bond donors (Lipinski definition) is 1. The molecule has 2 heterocycles. The van der Waals surface area contributed by atoms with Gasteiger partial charge in [-0.2, -0.15) is 0 Å². The highest BCUT2D eigenvalue weighted by atomic mass is 35.5. The number of pyridine rings is 1. The first-order valence-electron chi connectivity index (χ1n) is 7.76. The van der Waals surface area contributed by atoms with E-state index in [0.717, 1.165) is 18.8 Å². The van der Waals surface area contributed by atoms with Gasteiger partial charge in [-0.1, -0.05) is 17.7 Å². The lowest BCUT2D eigenvalue weighted by Crippen LogP contribution is -2.50. The SMILES string of the molecule is Cn1cc(NC(=O)N2CCN(c3cccc(Cl)c3)CC2)ccc1=O. The maximum atomic E-state index is 12.3. The summed E-state index contributed by atoms with van der Waals surface area (Å²) in [7, 11) is 1.65. The Kier molecular flexibility index (Phi) is 4.76. The Bertz CT molecular complexity index is 797. The van der Waals surface area contributed by atoms with Crippen molar-refractivity contribution in [3.05, 3.63) is 58.0 Å². The van der Waals surface area contributed by atoms with Crippen LogP contribution in [0.25, 0.3) is 0 Å². The number of aromatic nitrogens is 1. The molecule has 126 valence electrons. The van der Waals surface area contributed by atoms with Crippen LogP contribution in [0, 0.1) is 0 Å². The van der Waals surface area contributed by atoms with Crippen LogP contribution in [0.3, 0.4) is 0 Å². The van der Waals surface area contributed by atoms with Crippen LogP contribution < -0.4 is 15.8 Å². The first-order valence-corrected chi connectivity index (χ1v) is 8.14. The fraction of sp³-hybridized carbons (Fsp3) is 0.294. The van der Waals surface area contributed by atoms with Gasteiger partial charge in [-0.15, -0.1) is 0 Å². The summed E-state index contributed by atoms with van der Waals surface area (Å²) in [5.41, 5.74) is 1.57. The number of rotatable bonds is 2. The fourth-order valence-electron chi connectivity index (χ4n) is 2.71. The molecule has 2 amide bonds. The Hall–Kier alpha value is -2.47. The number of urea groups is 1. The van der Waals surface area contributed by atoms with E-state index in [1.807, 2.05) is 24.3 Å². The number of carbonyl (C=O) groups excluding carboxylic acids is 1. The summed E-state index contributed by atoms with van der Waals surface area (Å²) in [4.78, 5) is 27.7. The Labute approximate surface area is 145 Å². The van der Waals surface area contributed by atoms with Crippen LogP contribution in [0.15, 0.2) is 47.4 Å². The molecule has 7 heteroatoms. The quantitative estimate of drug-likeness (QED) is 0.908. The number of piperazine rings is 1. The van der Waals surface area contributed by atoms with Gasteiger partial charge in [0.1, 0.15) is 0 Å². The molecule has 1 aromatic carbocycles. The molecule has 0 unspecified atom stereocenters. The summed E-state index contributed by atoms with van der Waals surface area (Å²) < 4.78 is 1.44. The minimum Gasteiger partial charge on any atom is -0.368 e. The topological polar surface area (TPSA) is 57.6 Å². The van der Waals surface area contributed by atoms with Crippen molar-refractivity contribution >= 4 is 29.0 Å². The van der Waals surface area contributed by atoms with Crippen molar-refractivity contribution in [2.45, 2.75) is 0 Å². The second-order valence-corrected chi connectivity index (χ2v) is 6.19. The largest absolute Gasteiger partial charge is 0.368 e. The third kappa shape index (κ3) is 3.71. The first kappa shape index (κ1) is 16.4. The van der Waals surface area contributed by atoms with E-state index in [1.165, 1.54) is 10.6 Å². The molecule has 1 aliphatic rings. The molecule has 1 N–H and O–H groups in total. The maximum Gasteiger partial charge on any atom is 0.322 e. The zero-order chi connectivity index (χ0) is 17.1. The van der Waals surface area contributed by atoms with Crippen LogP contribution in [0.5, 0.6) is 0 Å². The molecule has 1 saturated heterocycles. The highest BCUT2D eigenvalue weighted by Crippen LogP contribution is 2.21. The van der Waals surface area contributed by atoms with E-state index < -0.39 is 0 Å². The summed E-state index contributed by atoms with van der Waals surface area (Å²) in [6.07, 6.45) is 1.61. The minimum atomic E-state index is -0.153. The van der Waals surface area contributed by atoms with Gasteiger partial charge in [0, 0.05) is 56.2 Å². The van der Waals surface area contributed by atoms with E-state index >= 15 is 0 Å². The van der Waals surface area contributed by atoms with Gasteiger partial charge in [0.2, 0.25) is 5.56 Å². The van der Waals surface area contributed by atoms with Crippen LogP contribution in [0.2, 0.25) is 5.02 Å². The highest BCUT2D eigenvalue weighted by Gasteiger charge is 2.21. The van der Waals surface area contributed by atoms with Crippen LogP contribution in [0.1, 0.15) is 0 Å². The molecule has 1 aliphatic heterocycles. The highest BCUT2D eigenvalue weighted by molar-refractivity contribution is 6.30. The Morgan fingerprint density at radius 1 is 1.12 bits per heavy atom. The van der Waals surface area contributed by atoms with Gasteiger partial charge in [0.15, 0.2) is 0 Å². The molecular weight excluding hydrogens is 328 g/mol. The van der Waals surface area contributed by atoms with E-state index in [9.17, 15) is 9.59 Å². The number of amides is 2. The molecule has 0 spiro atoms. The molecule has 0 saturated carbocycles. The van der Waals surface area contributed by atoms with Crippen LogP contribution in [-0.2, 0) is 7.05 Å². The standard InChI is InChI=1S/C17H19ClN4O2/c1-20-12-14(5-6-16(20)23)19-17(24)22-9-7-21(8-10-22)15-4-2-3-13(18)11-15/h2-6,11-12H,7-10H2,1H3,(H,19,24). The number of nitrogens with zero attached hydrogens (tertiary/aromatic N) is 3.